The third kappa shape index (κ3) is 6.55. The van der Waals surface area contributed by atoms with E-state index in [0.717, 1.165) is 0 Å². The molecule has 0 unspecified atom stereocenters. The van der Waals surface area contributed by atoms with E-state index in [1.807, 2.05) is 6.07 Å². The molecule has 10 heteroatoms. The van der Waals surface area contributed by atoms with Gasteiger partial charge in [0.05, 0.1) is 17.6 Å². The van der Waals surface area contributed by atoms with E-state index < -0.39 is 10.0 Å². The molecule has 3 aromatic rings. The Morgan fingerprint density at radius 3 is 2.47 bits per heavy atom. The second-order valence-electron chi connectivity index (χ2n) is 7.59. The second kappa shape index (κ2) is 11.9. The van der Waals surface area contributed by atoms with E-state index in [1.165, 1.54) is 20.2 Å². The Morgan fingerprint density at radius 2 is 1.83 bits per heavy atom. The first kappa shape index (κ1) is 27.0. The molecule has 0 aliphatic rings. The lowest BCUT2D eigenvalue weighted by molar-refractivity contribution is 0.0951. The van der Waals surface area contributed by atoms with E-state index in [2.05, 4.69) is 21.3 Å². The van der Waals surface area contributed by atoms with Crippen molar-refractivity contribution < 1.29 is 17.9 Å². The minimum absolute atomic E-state index is 0.0308. The van der Waals surface area contributed by atoms with Crippen molar-refractivity contribution in [3.8, 4) is 29.2 Å². The molecule has 0 aliphatic heterocycles. The monoisotopic (exact) mass is 541 g/mol. The quantitative estimate of drug-likeness (QED) is 0.297. The lowest BCUT2D eigenvalue weighted by Crippen LogP contribution is -2.37. The maximum absolute atomic E-state index is 13.2. The van der Waals surface area contributed by atoms with Crippen molar-refractivity contribution >= 4 is 44.9 Å². The van der Waals surface area contributed by atoms with Gasteiger partial charge in [-0.05, 0) is 66.2 Å². The highest BCUT2D eigenvalue weighted by Crippen LogP contribution is 2.29. The van der Waals surface area contributed by atoms with Gasteiger partial charge >= 0.3 is 0 Å². The fraction of sp³-hybridized carbons (Fsp3) is 0.154. The molecule has 36 heavy (non-hydrogen) atoms. The minimum Gasteiger partial charge on any atom is -0.496 e. The smallest absolute Gasteiger partial charge is 0.264 e. The van der Waals surface area contributed by atoms with Crippen molar-refractivity contribution in [1.29, 1.82) is 0 Å². The molecule has 0 heterocycles. The van der Waals surface area contributed by atoms with Gasteiger partial charge in [-0.3, -0.25) is 9.52 Å². The molecule has 0 aromatic heterocycles. The van der Waals surface area contributed by atoms with Crippen LogP contribution in [0.4, 0.5) is 0 Å². The van der Waals surface area contributed by atoms with E-state index in [-0.39, 0.29) is 22.5 Å². The zero-order valence-electron chi connectivity index (χ0n) is 19.6. The number of hydrogen-bond acceptors (Lipinski definition) is 5. The topological polar surface area (TPSA) is 96.5 Å². The van der Waals surface area contributed by atoms with E-state index in [0.29, 0.717) is 45.0 Å². The molecule has 0 bridgehead atoms. The number of rotatable bonds is 8. The number of ether oxygens (including phenoxy) is 1. The van der Waals surface area contributed by atoms with Gasteiger partial charge in [-0.2, -0.15) is 0 Å². The number of carbonyl (C=O) groups is 1. The highest BCUT2D eigenvalue weighted by atomic mass is 35.5. The van der Waals surface area contributed by atoms with Crippen molar-refractivity contribution in [2.24, 2.45) is 0 Å². The molecule has 0 fully saturated rings. The molecule has 186 valence electrons. The van der Waals surface area contributed by atoms with E-state index in [4.69, 9.17) is 35.0 Å². The summed E-state index contributed by atoms with van der Waals surface area (Å²) in [6.45, 7) is 0.257. The van der Waals surface area contributed by atoms with Gasteiger partial charge in [0, 0.05) is 29.7 Å². The predicted octanol–water partition coefficient (Wildman–Crippen LogP) is 3.75. The summed E-state index contributed by atoms with van der Waals surface area (Å²) in [5, 5.41) is 5.80. The standard InChI is InChI=1S/C26H24ClN3O4S2/c1-4-17-5-8-19(9-6-17)21-11-7-18(15-24(21)36(32,33)30-26(35)28-2)13-14-29-25(31)22-16-20(27)10-12-23(22)34-3/h1,5-12,15-16H,13-14H2,2-3H3,(H,29,31)(H2,28,30,35). The van der Waals surface area contributed by atoms with Crippen LogP contribution in [0.15, 0.2) is 65.6 Å². The highest BCUT2D eigenvalue weighted by Gasteiger charge is 2.21. The Balaban J connectivity index is 1.87. The van der Waals surface area contributed by atoms with Gasteiger partial charge in [0.25, 0.3) is 15.9 Å². The van der Waals surface area contributed by atoms with E-state index in [1.54, 1.807) is 48.5 Å². The van der Waals surface area contributed by atoms with Crippen LogP contribution in [-0.2, 0) is 16.4 Å². The molecule has 0 saturated heterocycles. The van der Waals surface area contributed by atoms with Gasteiger partial charge in [0.1, 0.15) is 5.75 Å². The van der Waals surface area contributed by atoms with Gasteiger partial charge in [-0.25, -0.2) is 8.42 Å². The molecular formula is C26H24ClN3O4S2. The Morgan fingerprint density at radius 1 is 1.11 bits per heavy atom. The number of sulfonamides is 1. The minimum atomic E-state index is -4.00. The summed E-state index contributed by atoms with van der Waals surface area (Å²) in [5.41, 5.74) is 2.86. The third-order valence-corrected chi connectivity index (χ3v) is 7.32. The van der Waals surface area contributed by atoms with Crippen LogP contribution in [0.3, 0.4) is 0 Å². The van der Waals surface area contributed by atoms with E-state index in [9.17, 15) is 13.2 Å². The molecule has 0 radical (unpaired) electrons. The maximum atomic E-state index is 13.2. The first-order valence-electron chi connectivity index (χ1n) is 10.7. The van der Waals surface area contributed by atoms with Crippen molar-refractivity contribution in [3.05, 3.63) is 82.4 Å². The molecule has 0 spiro atoms. The van der Waals surface area contributed by atoms with Crippen LogP contribution in [0.5, 0.6) is 5.75 Å². The van der Waals surface area contributed by atoms with E-state index >= 15 is 0 Å². The Labute approximate surface area is 221 Å². The fourth-order valence-electron chi connectivity index (χ4n) is 3.43. The molecule has 3 rings (SSSR count). The predicted molar refractivity (Wildman–Crippen MR) is 146 cm³/mol. The van der Waals surface area contributed by atoms with Crippen LogP contribution >= 0.6 is 23.8 Å². The number of carbonyl (C=O) groups excluding carboxylic acids is 1. The Bertz CT molecular complexity index is 1430. The normalized spacial score (nSPS) is 10.7. The SMILES string of the molecule is C#Cc1ccc(-c2ccc(CCNC(=O)c3cc(Cl)ccc3OC)cc2S(=O)(=O)NC(=S)NC)cc1. The maximum Gasteiger partial charge on any atom is 0.264 e. The Hall–Kier alpha value is -3.58. The van der Waals surface area contributed by atoms with Crippen molar-refractivity contribution in [3.63, 3.8) is 0 Å². The van der Waals surface area contributed by atoms with Crippen LogP contribution in [0.2, 0.25) is 5.02 Å². The molecule has 0 atom stereocenters. The zero-order valence-corrected chi connectivity index (χ0v) is 22.0. The van der Waals surface area contributed by atoms with Crippen LogP contribution in [0.25, 0.3) is 11.1 Å². The fourth-order valence-corrected chi connectivity index (χ4v) is 5.17. The molecule has 3 N–H and O–H groups in total. The number of hydrogen-bond donors (Lipinski definition) is 3. The summed E-state index contributed by atoms with van der Waals surface area (Å²) >= 11 is 11.0. The lowest BCUT2D eigenvalue weighted by Gasteiger charge is -2.15. The summed E-state index contributed by atoms with van der Waals surface area (Å²) < 4.78 is 33.9. The van der Waals surface area contributed by atoms with Crippen molar-refractivity contribution in [2.75, 3.05) is 20.7 Å². The average Bonchev–Trinajstić information content (AvgIpc) is 2.88. The van der Waals surface area contributed by atoms with Gasteiger partial charge in [0.2, 0.25) is 0 Å². The molecule has 7 nitrogen and oxygen atoms in total. The third-order valence-electron chi connectivity index (χ3n) is 5.26. The zero-order chi connectivity index (χ0) is 26.3. The average molecular weight is 542 g/mol. The summed E-state index contributed by atoms with van der Waals surface area (Å²) in [6.07, 6.45) is 5.81. The number of halogens is 1. The number of nitrogens with one attached hydrogen (secondary N) is 3. The lowest BCUT2D eigenvalue weighted by atomic mass is 10.0. The highest BCUT2D eigenvalue weighted by molar-refractivity contribution is 7.92. The van der Waals surface area contributed by atoms with Gasteiger partial charge in [0.15, 0.2) is 5.11 Å². The second-order valence-corrected chi connectivity index (χ2v) is 10.1. The van der Waals surface area contributed by atoms with Crippen LogP contribution in [0.1, 0.15) is 21.5 Å². The molecule has 1 amide bonds. The van der Waals surface area contributed by atoms with Crippen LogP contribution in [0, 0.1) is 12.3 Å². The number of amides is 1. The number of thiocarbonyl (C=S) groups is 1. The van der Waals surface area contributed by atoms with Crippen LogP contribution < -0.4 is 20.1 Å². The Kier molecular flexibility index (Phi) is 8.93. The largest absolute Gasteiger partial charge is 0.496 e. The summed E-state index contributed by atoms with van der Waals surface area (Å²) in [5.74, 6) is 2.59. The number of methoxy groups -OCH3 is 1. The first-order chi connectivity index (χ1) is 17.2. The molecular weight excluding hydrogens is 518 g/mol. The molecule has 3 aromatic carbocycles. The summed E-state index contributed by atoms with van der Waals surface area (Å²) in [6, 6.07) is 16.9. The van der Waals surface area contributed by atoms with Crippen molar-refractivity contribution in [2.45, 2.75) is 11.3 Å². The first-order valence-corrected chi connectivity index (χ1v) is 13.0. The molecule has 0 saturated carbocycles. The van der Waals surface area contributed by atoms with Gasteiger partial charge in [-0.15, -0.1) is 6.42 Å². The van der Waals surface area contributed by atoms with Crippen molar-refractivity contribution in [1.82, 2.24) is 15.4 Å². The van der Waals surface area contributed by atoms with Crippen LogP contribution in [-0.4, -0.2) is 40.1 Å². The number of benzene rings is 3. The number of terminal acetylenes is 1. The van der Waals surface area contributed by atoms with Gasteiger partial charge in [-0.1, -0.05) is 41.8 Å². The summed E-state index contributed by atoms with van der Waals surface area (Å²) in [4.78, 5) is 12.7. The molecule has 0 aliphatic carbocycles. The van der Waals surface area contributed by atoms with Gasteiger partial charge < -0.3 is 15.4 Å². The summed E-state index contributed by atoms with van der Waals surface area (Å²) in [7, 11) is -1.00.